The number of hydrogen-bond donors (Lipinski definition) is 6. The van der Waals surface area contributed by atoms with Crippen molar-refractivity contribution >= 4 is 5.91 Å². The molecule has 484 valence electrons. The van der Waals surface area contributed by atoms with Gasteiger partial charge in [0.15, 0.2) is 6.29 Å². The molecule has 1 amide bonds. The lowest BCUT2D eigenvalue weighted by Gasteiger charge is -2.40. The average molecular weight is 1150 g/mol. The highest BCUT2D eigenvalue weighted by atomic mass is 16.7. The highest BCUT2D eigenvalue weighted by Gasteiger charge is 2.44. The van der Waals surface area contributed by atoms with E-state index in [1.165, 1.54) is 334 Å². The van der Waals surface area contributed by atoms with Crippen LogP contribution in [-0.2, 0) is 14.3 Å². The predicted molar refractivity (Wildman–Crippen MR) is 346 cm³/mol. The van der Waals surface area contributed by atoms with Crippen LogP contribution in [0.5, 0.6) is 0 Å². The lowest BCUT2D eigenvalue weighted by molar-refractivity contribution is -0.302. The molecule has 0 bridgehead atoms. The summed E-state index contributed by atoms with van der Waals surface area (Å²) in [5.41, 5.74) is 0. The molecule has 0 aromatic heterocycles. The summed E-state index contributed by atoms with van der Waals surface area (Å²) in [6.07, 6.45) is 71.9. The van der Waals surface area contributed by atoms with E-state index in [1.807, 2.05) is 0 Å². The molecule has 1 heterocycles. The minimum atomic E-state index is -1.55. The Morgan fingerprint density at radius 2 is 0.617 bits per heavy atom. The van der Waals surface area contributed by atoms with E-state index in [0.29, 0.717) is 12.8 Å². The van der Waals surface area contributed by atoms with Gasteiger partial charge in [0.05, 0.1) is 25.4 Å². The number of aliphatic hydroxyl groups is 5. The molecule has 0 spiro atoms. The minimum Gasteiger partial charge on any atom is -0.394 e. The van der Waals surface area contributed by atoms with Gasteiger partial charge in [0.2, 0.25) is 5.91 Å². The topological polar surface area (TPSA) is 149 Å². The molecule has 1 rings (SSSR count). The predicted octanol–water partition coefficient (Wildman–Crippen LogP) is 20.1. The van der Waals surface area contributed by atoms with Crippen LogP contribution in [0.15, 0.2) is 0 Å². The van der Waals surface area contributed by atoms with Crippen molar-refractivity contribution in [3.8, 4) is 0 Å². The maximum absolute atomic E-state index is 13.2. The first-order chi connectivity index (χ1) is 39.8. The maximum atomic E-state index is 13.2. The van der Waals surface area contributed by atoms with Gasteiger partial charge >= 0.3 is 0 Å². The van der Waals surface area contributed by atoms with E-state index in [9.17, 15) is 30.3 Å². The maximum Gasteiger partial charge on any atom is 0.220 e. The number of nitrogens with one attached hydrogen (secondary N) is 1. The average Bonchev–Trinajstić information content (AvgIpc) is 3.47. The first kappa shape index (κ1) is 78.2. The Hall–Kier alpha value is -0.810. The van der Waals surface area contributed by atoms with Crippen molar-refractivity contribution in [3.05, 3.63) is 0 Å². The van der Waals surface area contributed by atoms with Crippen molar-refractivity contribution in [3.63, 3.8) is 0 Å². The standard InChI is InChI=1S/C72H143NO8/c1-3-5-7-9-11-13-15-17-19-21-23-25-27-29-30-31-32-33-34-35-36-38-39-41-43-45-47-49-51-53-55-57-59-61-66(75)65(64-80-72-71(79)70(78)69(77)67(63-74)81-72)73-68(76)62-60-58-56-54-52-50-48-46-44-42-40-37-28-26-24-22-20-18-16-14-12-10-8-6-4-2/h65-67,69-72,74-75,77-79H,3-64H2,1-2H3,(H,73,76). The fraction of sp³-hybridized carbons (Fsp3) is 0.986. The van der Waals surface area contributed by atoms with E-state index in [0.717, 1.165) is 38.5 Å². The van der Waals surface area contributed by atoms with Crippen molar-refractivity contribution in [1.82, 2.24) is 5.32 Å². The van der Waals surface area contributed by atoms with Crippen LogP contribution < -0.4 is 5.32 Å². The van der Waals surface area contributed by atoms with Gasteiger partial charge < -0.3 is 40.3 Å². The van der Waals surface area contributed by atoms with Gasteiger partial charge in [-0.05, 0) is 12.8 Å². The van der Waals surface area contributed by atoms with Gasteiger partial charge in [-0.3, -0.25) is 4.79 Å². The summed E-state index contributed by atoms with van der Waals surface area (Å²) in [6, 6.07) is -0.715. The van der Waals surface area contributed by atoms with E-state index in [-0.39, 0.29) is 12.5 Å². The van der Waals surface area contributed by atoms with Crippen LogP contribution in [-0.4, -0.2) is 87.5 Å². The monoisotopic (exact) mass is 1150 g/mol. The molecule has 7 atom stereocenters. The Morgan fingerprint density at radius 1 is 0.370 bits per heavy atom. The van der Waals surface area contributed by atoms with Gasteiger partial charge in [-0.2, -0.15) is 0 Å². The van der Waals surface area contributed by atoms with Gasteiger partial charge in [-0.25, -0.2) is 0 Å². The fourth-order valence-electron chi connectivity index (χ4n) is 12.5. The summed E-state index contributed by atoms with van der Waals surface area (Å²) in [4.78, 5) is 13.2. The Morgan fingerprint density at radius 3 is 0.877 bits per heavy atom. The zero-order chi connectivity index (χ0) is 58.6. The van der Waals surface area contributed by atoms with E-state index in [2.05, 4.69) is 19.2 Å². The molecule has 9 heteroatoms. The molecule has 6 N–H and O–H groups in total. The molecular weight excluding hydrogens is 1010 g/mol. The van der Waals surface area contributed by atoms with Crippen molar-refractivity contribution in [2.75, 3.05) is 13.2 Å². The molecule has 81 heavy (non-hydrogen) atoms. The third-order valence-electron chi connectivity index (χ3n) is 18.2. The molecule has 0 saturated carbocycles. The lowest BCUT2D eigenvalue weighted by Crippen LogP contribution is -2.60. The van der Waals surface area contributed by atoms with Gasteiger partial charge in [0.25, 0.3) is 0 Å². The number of ether oxygens (including phenoxy) is 2. The van der Waals surface area contributed by atoms with Crippen molar-refractivity contribution < 1.29 is 39.8 Å². The van der Waals surface area contributed by atoms with Crippen LogP contribution >= 0.6 is 0 Å². The smallest absolute Gasteiger partial charge is 0.220 e. The van der Waals surface area contributed by atoms with Crippen molar-refractivity contribution in [1.29, 1.82) is 0 Å². The third-order valence-corrected chi connectivity index (χ3v) is 18.2. The second kappa shape index (κ2) is 62.2. The molecule has 7 unspecified atom stereocenters. The molecule has 1 fully saturated rings. The summed E-state index contributed by atoms with van der Waals surface area (Å²) in [6.45, 7) is 3.91. The molecule has 0 aromatic rings. The Labute approximate surface area is 504 Å². The quantitative estimate of drug-likeness (QED) is 0.0330. The molecule has 0 radical (unpaired) electrons. The van der Waals surface area contributed by atoms with E-state index in [4.69, 9.17) is 9.47 Å². The Kier molecular flexibility index (Phi) is 60.1. The summed E-state index contributed by atoms with van der Waals surface area (Å²) in [5, 5.41) is 55.0. The molecular formula is C72H143NO8. The van der Waals surface area contributed by atoms with Crippen LogP contribution in [0.3, 0.4) is 0 Å². The zero-order valence-corrected chi connectivity index (χ0v) is 54.3. The van der Waals surface area contributed by atoms with Crippen LogP contribution in [0.1, 0.15) is 399 Å². The molecule has 1 saturated heterocycles. The first-order valence-corrected chi connectivity index (χ1v) is 36.7. The number of carbonyl (C=O) groups is 1. The molecule has 0 aliphatic carbocycles. The summed E-state index contributed by atoms with van der Waals surface area (Å²) >= 11 is 0. The summed E-state index contributed by atoms with van der Waals surface area (Å²) < 4.78 is 11.4. The van der Waals surface area contributed by atoms with E-state index < -0.39 is 49.5 Å². The normalized spacial score (nSPS) is 18.2. The second-order valence-electron chi connectivity index (χ2n) is 26.1. The lowest BCUT2D eigenvalue weighted by atomic mass is 9.99. The SMILES string of the molecule is CCCCCCCCCCCCCCCCCCCCCCCCCCCCCCCCCCCC(O)C(COC1OC(CO)C(O)C(O)C1O)NC(=O)CCCCCCCCCCCCCCCCCCCCCCCCCCC. The number of aliphatic hydroxyl groups excluding tert-OH is 5. The highest BCUT2D eigenvalue weighted by Crippen LogP contribution is 2.24. The van der Waals surface area contributed by atoms with Gasteiger partial charge in [-0.15, -0.1) is 0 Å². The van der Waals surface area contributed by atoms with Crippen LogP contribution in [0.4, 0.5) is 0 Å². The molecule has 1 aliphatic rings. The van der Waals surface area contributed by atoms with Gasteiger partial charge in [0.1, 0.15) is 24.4 Å². The van der Waals surface area contributed by atoms with Crippen LogP contribution in [0, 0.1) is 0 Å². The number of amides is 1. The first-order valence-electron chi connectivity index (χ1n) is 36.7. The molecule has 9 nitrogen and oxygen atoms in total. The number of carbonyl (C=O) groups excluding carboxylic acids is 1. The van der Waals surface area contributed by atoms with Gasteiger partial charge in [-0.1, -0.05) is 380 Å². The number of unbranched alkanes of at least 4 members (excludes halogenated alkanes) is 56. The number of hydrogen-bond acceptors (Lipinski definition) is 8. The fourth-order valence-corrected chi connectivity index (χ4v) is 12.5. The van der Waals surface area contributed by atoms with E-state index in [1.54, 1.807) is 0 Å². The molecule has 0 aromatic carbocycles. The second-order valence-corrected chi connectivity index (χ2v) is 26.1. The zero-order valence-electron chi connectivity index (χ0n) is 54.3. The molecule has 1 aliphatic heterocycles. The summed E-state index contributed by atoms with van der Waals surface area (Å²) in [5.74, 6) is -0.133. The third kappa shape index (κ3) is 51.0. The number of rotatable bonds is 66. The van der Waals surface area contributed by atoms with Crippen LogP contribution in [0.25, 0.3) is 0 Å². The van der Waals surface area contributed by atoms with Gasteiger partial charge in [0, 0.05) is 6.42 Å². The van der Waals surface area contributed by atoms with Crippen molar-refractivity contribution in [2.45, 2.75) is 442 Å². The minimum absolute atomic E-state index is 0.130. The van der Waals surface area contributed by atoms with Crippen molar-refractivity contribution in [2.24, 2.45) is 0 Å². The van der Waals surface area contributed by atoms with Crippen LogP contribution in [0.2, 0.25) is 0 Å². The Balaban J connectivity index is 2.07. The highest BCUT2D eigenvalue weighted by molar-refractivity contribution is 5.76. The van der Waals surface area contributed by atoms with E-state index >= 15 is 0 Å². The Bertz CT molecular complexity index is 1240. The summed E-state index contributed by atoms with van der Waals surface area (Å²) in [7, 11) is 0. The largest absolute Gasteiger partial charge is 0.394 e.